The number of carbonyl (C=O) groups is 1. The Bertz CT molecular complexity index is 762. The number of nitriles is 1. The van der Waals surface area contributed by atoms with E-state index in [0.29, 0.717) is 5.56 Å². The Morgan fingerprint density at radius 2 is 2.04 bits per heavy atom. The highest BCUT2D eigenvalue weighted by atomic mass is 19.4. The smallest absolute Gasteiger partial charge is 0.326 e. The number of rotatable bonds is 3. The fourth-order valence-electron chi connectivity index (χ4n) is 1.95. The van der Waals surface area contributed by atoms with Gasteiger partial charge in [-0.05, 0) is 36.8 Å². The Hall–Kier alpha value is -2.88. The summed E-state index contributed by atoms with van der Waals surface area (Å²) in [4.78, 5) is 15.9. The van der Waals surface area contributed by atoms with Crippen molar-refractivity contribution in [3.8, 4) is 6.07 Å². The lowest BCUT2D eigenvalue weighted by molar-refractivity contribution is -0.137. The van der Waals surface area contributed by atoms with Crippen LogP contribution in [0.3, 0.4) is 0 Å². The Morgan fingerprint density at radius 3 is 2.61 bits per heavy atom. The molecular formula is C16H12F3N3O. The van der Waals surface area contributed by atoms with Crippen molar-refractivity contribution in [2.24, 2.45) is 0 Å². The molecule has 1 heterocycles. The average Bonchev–Trinajstić information content (AvgIpc) is 2.48. The SMILES string of the molecule is Cc1ccc(CC(=O)Nc2ccc(C#N)c(C(F)(F)F)c2)cn1. The minimum atomic E-state index is -4.66. The lowest BCUT2D eigenvalue weighted by Crippen LogP contribution is -2.16. The number of anilines is 1. The molecule has 0 aliphatic heterocycles. The predicted octanol–water partition coefficient (Wildman–Crippen LogP) is 3.46. The number of aromatic nitrogens is 1. The molecule has 1 amide bonds. The van der Waals surface area contributed by atoms with E-state index in [1.165, 1.54) is 18.3 Å². The van der Waals surface area contributed by atoms with E-state index in [4.69, 9.17) is 5.26 Å². The summed E-state index contributed by atoms with van der Waals surface area (Å²) in [6, 6.07) is 8.00. The van der Waals surface area contributed by atoms with Crippen molar-refractivity contribution in [1.82, 2.24) is 4.98 Å². The number of benzene rings is 1. The molecule has 0 saturated carbocycles. The van der Waals surface area contributed by atoms with Gasteiger partial charge < -0.3 is 5.32 Å². The van der Waals surface area contributed by atoms with E-state index in [2.05, 4.69) is 10.3 Å². The average molecular weight is 319 g/mol. The van der Waals surface area contributed by atoms with Gasteiger partial charge in [-0.2, -0.15) is 18.4 Å². The van der Waals surface area contributed by atoms with E-state index in [1.807, 2.05) is 0 Å². The standard InChI is InChI=1S/C16H12F3N3O/c1-10-2-3-11(9-21-10)6-15(23)22-13-5-4-12(8-20)14(7-13)16(17,18)19/h2-5,7,9H,6H2,1H3,(H,22,23). The summed E-state index contributed by atoms with van der Waals surface area (Å²) < 4.78 is 38.6. The number of amides is 1. The largest absolute Gasteiger partial charge is 0.417 e. The third-order valence-corrected chi connectivity index (χ3v) is 3.07. The molecule has 0 aliphatic carbocycles. The van der Waals surface area contributed by atoms with E-state index in [1.54, 1.807) is 19.1 Å². The van der Waals surface area contributed by atoms with E-state index in [0.717, 1.165) is 17.8 Å². The molecule has 1 aromatic carbocycles. The summed E-state index contributed by atoms with van der Waals surface area (Å²) >= 11 is 0. The first-order valence-electron chi connectivity index (χ1n) is 6.62. The highest BCUT2D eigenvalue weighted by molar-refractivity contribution is 5.92. The van der Waals surface area contributed by atoms with Crippen LogP contribution >= 0.6 is 0 Å². The monoisotopic (exact) mass is 319 g/mol. The molecule has 4 nitrogen and oxygen atoms in total. The van der Waals surface area contributed by atoms with Crippen molar-refractivity contribution >= 4 is 11.6 Å². The lowest BCUT2D eigenvalue weighted by Gasteiger charge is -2.11. The Labute approximate surface area is 130 Å². The Kier molecular flexibility index (Phi) is 4.65. The zero-order valence-electron chi connectivity index (χ0n) is 12.1. The minimum absolute atomic E-state index is 0.00532. The van der Waals surface area contributed by atoms with E-state index < -0.39 is 23.2 Å². The van der Waals surface area contributed by atoms with Crippen molar-refractivity contribution in [3.05, 3.63) is 58.9 Å². The zero-order valence-corrected chi connectivity index (χ0v) is 12.1. The molecule has 0 aliphatic rings. The van der Waals surface area contributed by atoms with Crippen LogP contribution in [-0.2, 0) is 17.4 Å². The first-order valence-corrected chi connectivity index (χ1v) is 6.62. The Morgan fingerprint density at radius 1 is 1.30 bits per heavy atom. The molecule has 2 rings (SSSR count). The number of hydrogen-bond donors (Lipinski definition) is 1. The van der Waals surface area contributed by atoms with Gasteiger partial charge in [-0.15, -0.1) is 0 Å². The van der Waals surface area contributed by atoms with E-state index in [-0.39, 0.29) is 12.1 Å². The molecule has 23 heavy (non-hydrogen) atoms. The summed E-state index contributed by atoms with van der Waals surface area (Å²) in [5.74, 6) is -0.464. The maximum absolute atomic E-state index is 12.9. The topological polar surface area (TPSA) is 65.8 Å². The van der Waals surface area contributed by atoms with Gasteiger partial charge in [0.1, 0.15) is 0 Å². The Balaban J connectivity index is 2.15. The van der Waals surface area contributed by atoms with Crippen LogP contribution in [0.2, 0.25) is 0 Å². The highest BCUT2D eigenvalue weighted by Crippen LogP contribution is 2.33. The van der Waals surface area contributed by atoms with Crippen LogP contribution in [-0.4, -0.2) is 10.9 Å². The van der Waals surface area contributed by atoms with Gasteiger partial charge >= 0.3 is 6.18 Å². The zero-order chi connectivity index (χ0) is 17.0. The van der Waals surface area contributed by atoms with Crippen LogP contribution in [0.25, 0.3) is 0 Å². The third-order valence-electron chi connectivity index (χ3n) is 3.07. The molecule has 1 N–H and O–H groups in total. The van der Waals surface area contributed by atoms with Gasteiger partial charge in [-0.3, -0.25) is 9.78 Å². The second kappa shape index (κ2) is 6.48. The molecule has 0 saturated heterocycles. The van der Waals surface area contributed by atoms with Crippen molar-refractivity contribution < 1.29 is 18.0 Å². The quantitative estimate of drug-likeness (QED) is 0.942. The molecule has 0 atom stereocenters. The van der Waals surface area contributed by atoms with Crippen LogP contribution < -0.4 is 5.32 Å². The second-order valence-corrected chi connectivity index (χ2v) is 4.90. The first kappa shape index (κ1) is 16.5. The fraction of sp³-hybridized carbons (Fsp3) is 0.188. The van der Waals surface area contributed by atoms with Gasteiger partial charge in [0.05, 0.1) is 23.6 Å². The normalized spacial score (nSPS) is 10.9. The summed E-state index contributed by atoms with van der Waals surface area (Å²) in [5, 5.41) is 11.1. The van der Waals surface area contributed by atoms with Crippen LogP contribution in [0.4, 0.5) is 18.9 Å². The fourth-order valence-corrected chi connectivity index (χ4v) is 1.95. The van der Waals surface area contributed by atoms with Gasteiger partial charge in [-0.1, -0.05) is 6.07 Å². The number of alkyl halides is 3. The molecule has 2 aromatic rings. The van der Waals surface area contributed by atoms with Gasteiger partial charge in [0.15, 0.2) is 0 Å². The number of halogens is 3. The lowest BCUT2D eigenvalue weighted by atomic mass is 10.1. The van der Waals surface area contributed by atoms with Crippen LogP contribution in [0, 0.1) is 18.3 Å². The van der Waals surface area contributed by atoms with Crippen molar-refractivity contribution in [2.75, 3.05) is 5.32 Å². The molecule has 1 aromatic heterocycles. The third kappa shape index (κ3) is 4.30. The summed E-state index contributed by atoms with van der Waals surface area (Å²) in [7, 11) is 0. The molecule has 0 unspecified atom stereocenters. The van der Waals surface area contributed by atoms with Crippen LogP contribution in [0.1, 0.15) is 22.4 Å². The van der Waals surface area contributed by atoms with Crippen LogP contribution in [0.5, 0.6) is 0 Å². The maximum atomic E-state index is 12.9. The number of nitrogens with zero attached hydrogens (tertiary/aromatic N) is 2. The molecule has 0 spiro atoms. The van der Waals surface area contributed by atoms with Crippen LogP contribution in [0.15, 0.2) is 36.5 Å². The maximum Gasteiger partial charge on any atom is 0.417 e. The molecule has 0 bridgehead atoms. The van der Waals surface area contributed by atoms with Crippen molar-refractivity contribution in [2.45, 2.75) is 19.5 Å². The minimum Gasteiger partial charge on any atom is -0.326 e. The second-order valence-electron chi connectivity index (χ2n) is 4.90. The number of carbonyl (C=O) groups excluding carboxylic acids is 1. The molecular weight excluding hydrogens is 307 g/mol. The first-order chi connectivity index (χ1) is 10.8. The number of nitrogens with one attached hydrogen (secondary N) is 1. The predicted molar refractivity (Wildman–Crippen MR) is 77.5 cm³/mol. The molecule has 118 valence electrons. The van der Waals surface area contributed by atoms with Gasteiger partial charge in [0.25, 0.3) is 0 Å². The highest BCUT2D eigenvalue weighted by Gasteiger charge is 2.33. The van der Waals surface area contributed by atoms with Crippen molar-refractivity contribution in [1.29, 1.82) is 5.26 Å². The van der Waals surface area contributed by atoms with Crippen molar-refractivity contribution in [3.63, 3.8) is 0 Å². The summed E-state index contributed by atoms with van der Waals surface area (Å²) in [6.07, 6.45) is -3.13. The molecule has 0 radical (unpaired) electrons. The van der Waals surface area contributed by atoms with Gasteiger partial charge in [0, 0.05) is 17.6 Å². The number of hydrogen-bond acceptors (Lipinski definition) is 3. The number of aryl methyl sites for hydroxylation is 1. The molecule has 7 heteroatoms. The van der Waals surface area contributed by atoms with Gasteiger partial charge in [-0.25, -0.2) is 0 Å². The van der Waals surface area contributed by atoms with E-state index in [9.17, 15) is 18.0 Å². The molecule has 0 fully saturated rings. The summed E-state index contributed by atoms with van der Waals surface area (Å²) in [5.41, 5.74) is -0.122. The van der Waals surface area contributed by atoms with Gasteiger partial charge in [0.2, 0.25) is 5.91 Å². The number of pyridine rings is 1. The van der Waals surface area contributed by atoms with E-state index >= 15 is 0 Å². The summed E-state index contributed by atoms with van der Waals surface area (Å²) in [6.45, 7) is 1.80.